The molecule has 1 aromatic rings. The van der Waals surface area contributed by atoms with Crippen molar-refractivity contribution in [3.63, 3.8) is 0 Å². The van der Waals surface area contributed by atoms with Crippen LogP contribution in [0.15, 0.2) is 12.1 Å². The van der Waals surface area contributed by atoms with Gasteiger partial charge in [-0.3, -0.25) is 4.79 Å². The van der Waals surface area contributed by atoms with Gasteiger partial charge in [0.2, 0.25) is 0 Å². The van der Waals surface area contributed by atoms with Gasteiger partial charge < -0.3 is 16.0 Å². The van der Waals surface area contributed by atoms with E-state index in [9.17, 15) is 4.79 Å². The van der Waals surface area contributed by atoms with Crippen molar-refractivity contribution < 1.29 is 4.79 Å². The highest BCUT2D eigenvalue weighted by Gasteiger charge is 2.20. The second-order valence-electron chi connectivity index (χ2n) is 4.86. The van der Waals surface area contributed by atoms with E-state index in [2.05, 4.69) is 20.4 Å². The van der Waals surface area contributed by atoms with E-state index in [-0.39, 0.29) is 5.91 Å². The summed E-state index contributed by atoms with van der Waals surface area (Å²) in [6, 6.07) is 3.58. The highest BCUT2D eigenvalue weighted by molar-refractivity contribution is 5.91. The molecule has 1 saturated heterocycles. The Labute approximate surface area is 113 Å². The molecule has 0 unspecified atom stereocenters. The van der Waals surface area contributed by atoms with Crippen molar-refractivity contribution in [3.05, 3.63) is 17.8 Å². The minimum absolute atomic E-state index is 0.208. The number of anilines is 1. The zero-order valence-electron chi connectivity index (χ0n) is 11.3. The van der Waals surface area contributed by atoms with Gasteiger partial charge in [0.1, 0.15) is 0 Å². The molecule has 0 bridgehead atoms. The molecular formula is C13H21N5O. The Hall–Kier alpha value is -1.69. The lowest BCUT2D eigenvalue weighted by atomic mass is 9.94. The lowest BCUT2D eigenvalue weighted by Gasteiger charge is -2.32. The zero-order valence-corrected chi connectivity index (χ0v) is 11.3. The zero-order chi connectivity index (χ0) is 13.7. The summed E-state index contributed by atoms with van der Waals surface area (Å²) in [7, 11) is 1.58. The number of piperidine rings is 1. The monoisotopic (exact) mass is 263 g/mol. The molecule has 104 valence electrons. The van der Waals surface area contributed by atoms with Crippen molar-refractivity contribution in [2.45, 2.75) is 19.3 Å². The quantitative estimate of drug-likeness (QED) is 0.821. The van der Waals surface area contributed by atoms with E-state index in [4.69, 9.17) is 5.73 Å². The van der Waals surface area contributed by atoms with Crippen molar-refractivity contribution in [1.82, 2.24) is 15.5 Å². The first kappa shape index (κ1) is 13.7. The Kier molecular flexibility index (Phi) is 4.68. The van der Waals surface area contributed by atoms with Crippen LogP contribution in [0.25, 0.3) is 0 Å². The highest BCUT2D eigenvalue weighted by atomic mass is 16.1. The Bertz CT molecular complexity index is 412. The van der Waals surface area contributed by atoms with Crippen LogP contribution in [-0.4, -0.2) is 42.8 Å². The van der Waals surface area contributed by atoms with Crippen molar-refractivity contribution in [2.75, 3.05) is 31.6 Å². The summed E-state index contributed by atoms with van der Waals surface area (Å²) in [5.74, 6) is 1.37. The average molecular weight is 263 g/mol. The number of nitrogens with zero attached hydrogens (tertiary/aromatic N) is 3. The number of amides is 1. The standard InChI is InChI=1S/C13H21N5O/c1-15-13(19)11-2-3-12(17-16-11)18-8-5-10(4-7-14)6-9-18/h2-3,10H,4-9,14H2,1H3,(H,15,19). The smallest absolute Gasteiger partial charge is 0.271 e. The fraction of sp³-hybridized carbons (Fsp3) is 0.615. The molecule has 1 aromatic heterocycles. The predicted octanol–water partition coefficient (Wildman–Crippen LogP) is 0.401. The van der Waals surface area contributed by atoms with Crippen molar-refractivity contribution in [2.24, 2.45) is 11.7 Å². The van der Waals surface area contributed by atoms with Crippen molar-refractivity contribution in [1.29, 1.82) is 0 Å². The van der Waals surface area contributed by atoms with Crippen molar-refractivity contribution in [3.8, 4) is 0 Å². The molecule has 1 fully saturated rings. The number of hydrogen-bond acceptors (Lipinski definition) is 5. The van der Waals surface area contributed by atoms with Gasteiger partial charge in [0.15, 0.2) is 11.5 Å². The van der Waals surface area contributed by atoms with Crippen LogP contribution in [0.4, 0.5) is 5.82 Å². The molecule has 0 atom stereocenters. The summed E-state index contributed by atoms with van der Waals surface area (Å²) in [5.41, 5.74) is 5.94. The molecule has 3 N–H and O–H groups in total. The van der Waals surface area contributed by atoms with Gasteiger partial charge in [-0.05, 0) is 43.9 Å². The van der Waals surface area contributed by atoms with Crippen LogP contribution in [0.5, 0.6) is 0 Å². The molecule has 6 heteroatoms. The first-order chi connectivity index (χ1) is 9.24. The third-order valence-electron chi connectivity index (χ3n) is 3.62. The maximum absolute atomic E-state index is 11.4. The van der Waals surface area contributed by atoms with Crippen LogP contribution in [0.1, 0.15) is 29.8 Å². The largest absolute Gasteiger partial charge is 0.355 e. The normalized spacial score (nSPS) is 16.4. The van der Waals surface area contributed by atoms with Crippen molar-refractivity contribution >= 4 is 11.7 Å². The molecule has 0 radical (unpaired) electrons. The maximum Gasteiger partial charge on any atom is 0.271 e. The Balaban J connectivity index is 1.94. The van der Waals surface area contributed by atoms with Gasteiger partial charge in [-0.1, -0.05) is 0 Å². The number of nitrogens with one attached hydrogen (secondary N) is 1. The Morgan fingerprint density at radius 3 is 2.68 bits per heavy atom. The van der Waals surface area contributed by atoms with E-state index in [0.29, 0.717) is 5.69 Å². The Morgan fingerprint density at radius 1 is 1.42 bits per heavy atom. The number of carbonyl (C=O) groups excluding carboxylic acids is 1. The second-order valence-corrected chi connectivity index (χ2v) is 4.86. The fourth-order valence-corrected chi connectivity index (χ4v) is 2.43. The number of aromatic nitrogens is 2. The number of carbonyl (C=O) groups is 1. The molecule has 2 heterocycles. The molecule has 6 nitrogen and oxygen atoms in total. The third kappa shape index (κ3) is 3.41. The lowest BCUT2D eigenvalue weighted by Crippen LogP contribution is -2.35. The van der Waals surface area contributed by atoms with Crippen LogP contribution >= 0.6 is 0 Å². The first-order valence-corrected chi connectivity index (χ1v) is 6.75. The molecule has 19 heavy (non-hydrogen) atoms. The molecule has 1 amide bonds. The van der Waals surface area contributed by atoms with E-state index < -0.39 is 0 Å². The van der Waals surface area contributed by atoms with Gasteiger partial charge in [-0.25, -0.2) is 0 Å². The number of nitrogens with two attached hydrogens (primary N) is 1. The molecule has 0 saturated carbocycles. The van der Waals surface area contributed by atoms with E-state index in [0.717, 1.165) is 50.6 Å². The summed E-state index contributed by atoms with van der Waals surface area (Å²) in [4.78, 5) is 13.6. The van der Waals surface area contributed by atoms with Crippen LogP contribution in [0, 0.1) is 5.92 Å². The average Bonchev–Trinajstić information content (AvgIpc) is 2.48. The summed E-state index contributed by atoms with van der Waals surface area (Å²) in [6.07, 6.45) is 3.40. The summed E-state index contributed by atoms with van der Waals surface area (Å²) < 4.78 is 0. The van der Waals surface area contributed by atoms with E-state index in [1.165, 1.54) is 0 Å². The molecule has 0 aliphatic carbocycles. The van der Waals surface area contributed by atoms with Gasteiger partial charge in [0, 0.05) is 20.1 Å². The van der Waals surface area contributed by atoms with Crippen LogP contribution in [-0.2, 0) is 0 Å². The lowest BCUT2D eigenvalue weighted by molar-refractivity contribution is 0.0957. The van der Waals surface area contributed by atoms with Gasteiger partial charge >= 0.3 is 0 Å². The van der Waals surface area contributed by atoms with Gasteiger partial charge in [-0.15, -0.1) is 10.2 Å². The fourth-order valence-electron chi connectivity index (χ4n) is 2.43. The maximum atomic E-state index is 11.4. The van der Waals surface area contributed by atoms with E-state index >= 15 is 0 Å². The minimum atomic E-state index is -0.208. The van der Waals surface area contributed by atoms with Crippen LogP contribution in [0.2, 0.25) is 0 Å². The number of hydrogen-bond donors (Lipinski definition) is 2. The predicted molar refractivity (Wildman–Crippen MR) is 74.0 cm³/mol. The number of rotatable bonds is 4. The van der Waals surface area contributed by atoms with Gasteiger partial charge in [0.25, 0.3) is 5.91 Å². The van der Waals surface area contributed by atoms with Crippen LogP contribution in [0.3, 0.4) is 0 Å². The molecule has 0 aromatic carbocycles. The SMILES string of the molecule is CNC(=O)c1ccc(N2CCC(CCN)CC2)nn1. The summed E-state index contributed by atoms with van der Waals surface area (Å²) in [5, 5.41) is 10.6. The summed E-state index contributed by atoms with van der Waals surface area (Å²) in [6.45, 7) is 2.74. The first-order valence-electron chi connectivity index (χ1n) is 6.75. The van der Waals surface area contributed by atoms with Crippen LogP contribution < -0.4 is 16.0 Å². The molecule has 2 rings (SSSR count). The molecule has 0 spiro atoms. The van der Waals surface area contributed by atoms with E-state index in [1.54, 1.807) is 13.1 Å². The molecular weight excluding hydrogens is 242 g/mol. The molecule has 1 aliphatic rings. The highest BCUT2D eigenvalue weighted by Crippen LogP contribution is 2.23. The second kappa shape index (κ2) is 6.47. The molecule has 1 aliphatic heterocycles. The topological polar surface area (TPSA) is 84.1 Å². The van der Waals surface area contributed by atoms with Gasteiger partial charge in [-0.2, -0.15) is 0 Å². The Morgan fingerprint density at radius 2 is 2.16 bits per heavy atom. The third-order valence-corrected chi connectivity index (χ3v) is 3.62. The van der Waals surface area contributed by atoms with E-state index in [1.807, 2.05) is 6.07 Å². The van der Waals surface area contributed by atoms with Gasteiger partial charge in [0.05, 0.1) is 0 Å². The minimum Gasteiger partial charge on any atom is -0.355 e. The summed E-state index contributed by atoms with van der Waals surface area (Å²) >= 11 is 0.